The molecule has 6 heteroatoms. The van der Waals surface area contributed by atoms with E-state index in [0.717, 1.165) is 37.8 Å². The van der Waals surface area contributed by atoms with Crippen LogP contribution in [0.4, 0.5) is 14.9 Å². The Kier molecular flexibility index (Phi) is 4.77. The molecule has 1 fully saturated rings. The van der Waals surface area contributed by atoms with Gasteiger partial charge in [-0.25, -0.2) is 14.0 Å². The molecule has 2 N–H and O–H groups in total. The Balaban J connectivity index is 2.07. The van der Waals surface area contributed by atoms with Crippen molar-refractivity contribution >= 4 is 17.7 Å². The maximum absolute atomic E-state index is 13.6. The quantitative estimate of drug-likeness (QED) is 0.895. The highest BCUT2D eigenvalue weighted by molar-refractivity contribution is 5.92. The molecular formula is C15H19FN2O3. The number of carbonyl (C=O) groups excluding carboxylic acids is 1. The van der Waals surface area contributed by atoms with E-state index in [1.54, 1.807) is 4.90 Å². The maximum Gasteiger partial charge on any atom is 0.338 e. The van der Waals surface area contributed by atoms with Crippen LogP contribution in [0, 0.1) is 5.82 Å². The molecule has 21 heavy (non-hydrogen) atoms. The largest absolute Gasteiger partial charge is 0.478 e. The zero-order valence-electron chi connectivity index (χ0n) is 11.9. The predicted octanol–water partition coefficient (Wildman–Crippen LogP) is 3.32. The van der Waals surface area contributed by atoms with E-state index in [4.69, 9.17) is 5.11 Å². The predicted molar refractivity (Wildman–Crippen MR) is 77.0 cm³/mol. The number of benzene rings is 1. The normalized spacial score (nSPS) is 15.0. The first-order chi connectivity index (χ1) is 10.0. The summed E-state index contributed by atoms with van der Waals surface area (Å²) in [6, 6.07) is 3.54. The molecule has 2 amide bonds. The van der Waals surface area contributed by atoms with Gasteiger partial charge in [-0.1, -0.05) is 12.8 Å². The second-order valence-corrected chi connectivity index (χ2v) is 5.15. The Morgan fingerprint density at radius 2 is 2.05 bits per heavy atom. The number of nitrogens with zero attached hydrogens (tertiary/aromatic N) is 1. The summed E-state index contributed by atoms with van der Waals surface area (Å²) < 4.78 is 13.6. The molecule has 0 bridgehead atoms. The number of carbonyl (C=O) groups is 2. The number of nitrogens with one attached hydrogen (secondary N) is 1. The first-order valence-electron chi connectivity index (χ1n) is 7.13. The number of amides is 2. The highest BCUT2D eigenvalue weighted by atomic mass is 19.1. The van der Waals surface area contributed by atoms with Gasteiger partial charge < -0.3 is 15.3 Å². The third-order valence-corrected chi connectivity index (χ3v) is 3.82. The molecule has 114 valence electrons. The van der Waals surface area contributed by atoms with E-state index in [1.165, 1.54) is 6.07 Å². The van der Waals surface area contributed by atoms with Crippen LogP contribution >= 0.6 is 0 Å². The Morgan fingerprint density at radius 1 is 1.38 bits per heavy atom. The van der Waals surface area contributed by atoms with Crippen molar-refractivity contribution in [1.29, 1.82) is 0 Å². The molecule has 0 aromatic heterocycles. The number of anilines is 1. The monoisotopic (exact) mass is 294 g/mol. The maximum atomic E-state index is 13.6. The molecule has 1 aromatic rings. The Morgan fingerprint density at radius 3 is 2.57 bits per heavy atom. The SMILES string of the molecule is CCN(C(=O)Nc1ccc(C(=O)O)c(F)c1)C1CCCC1. The first-order valence-corrected chi connectivity index (χ1v) is 7.13. The highest BCUT2D eigenvalue weighted by Gasteiger charge is 2.25. The number of carboxylic acids is 1. The number of rotatable bonds is 4. The van der Waals surface area contributed by atoms with Crippen LogP contribution in [0.1, 0.15) is 43.0 Å². The van der Waals surface area contributed by atoms with E-state index in [1.807, 2.05) is 6.92 Å². The fraction of sp³-hybridized carbons (Fsp3) is 0.467. The molecule has 1 aliphatic carbocycles. The molecule has 0 heterocycles. The van der Waals surface area contributed by atoms with Crippen LogP contribution < -0.4 is 5.32 Å². The van der Waals surface area contributed by atoms with Gasteiger partial charge in [-0.15, -0.1) is 0 Å². The zero-order chi connectivity index (χ0) is 15.4. The van der Waals surface area contributed by atoms with Gasteiger partial charge >= 0.3 is 12.0 Å². The third kappa shape index (κ3) is 3.51. The summed E-state index contributed by atoms with van der Waals surface area (Å²) in [6.07, 6.45) is 4.23. The van der Waals surface area contributed by atoms with Crippen molar-refractivity contribution in [3.05, 3.63) is 29.6 Å². The molecular weight excluding hydrogens is 275 g/mol. The summed E-state index contributed by atoms with van der Waals surface area (Å²) in [4.78, 5) is 24.7. The van der Waals surface area contributed by atoms with Gasteiger partial charge in [0.1, 0.15) is 5.82 Å². The summed E-state index contributed by atoms with van der Waals surface area (Å²) >= 11 is 0. The number of carboxylic acid groups (broad SMARTS) is 1. The van der Waals surface area contributed by atoms with Crippen LogP contribution in [0.5, 0.6) is 0 Å². The lowest BCUT2D eigenvalue weighted by Crippen LogP contribution is -2.41. The third-order valence-electron chi connectivity index (χ3n) is 3.82. The van der Waals surface area contributed by atoms with Gasteiger partial charge in [-0.3, -0.25) is 0 Å². The van der Waals surface area contributed by atoms with Crippen LogP contribution in [-0.2, 0) is 0 Å². The second kappa shape index (κ2) is 6.56. The van der Waals surface area contributed by atoms with Gasteiger partial charge in [0.05, 0.1) is 5.56 Å². The van der Waals surface area contributed by atoms with Crippen molar-refractivity contribution in [2.45, 2.75) is 38.6 Å². The minimum Gasteiger partial charge on any atom is -0.478 e. The van der Waals surface area contributed by atoms with Gasteiger partial charge in [0.2, 0.25) is 0 Å². The first kappa shape index (κ1) is 15.3. The number of hydrogen-bond donors (Lipinski definition) is 2. The van der Waals surface area contributed by atoms with Crippen molar-refractivity contribution in [2.75, 3.05) is 11.9 Å². The van der Waals surface area contributed by atoms with E-state index < -0.39 is 17.3 Å². The Bertz CT molecular complexity index is 542. The van der Waals surface area contributed by atoms with Gasteiger partial charge in [-0.05, 0) is 38.0 Å². The fourth-order valence-electron chi connectivity index (χ4n) is 2.75. The molecule has 1 aromatic carbocycles. The minimum atomic E-state index is -1.33. The summed E-state index contributed by atoms with van der Waals surface area (Å²) in [5.41, 5.74) is -0.143. The summed E-state index contributed by atoms with van der Waals surface area (Å²) in [5.74, 6) is -2.18. The Hall–Kier alpha value is -2.11. The van der Waals surface area contributed by atoms with Crippen molar-refractivity contribution < 1.29 is 19.1 Å². The lowest BCUT2D eigenvalue weighted by atomic mass is 10.2. The van der Waals surface area contributed by atoms with E-state index in [9.17, 15) is 14.0 Å². The van der Waals surface area contributed by atoms with E-state index in [2.05, 4.69) is 5.32 Å². The summed E-state index contributed by atoms with van der Waals surface area (Å²) in [6.45, 7) is 2.50. The van der Waals surface area contributed by atoms with E-state index >= 15 is 0 Å². The minimum absolute atomic E-state index is 0.234. The standard InChI is InChI=1S/C15H19FN2O3/c1-2-18(11-5-3-4-6-11)15(21)17-10-7-8-12(14(19)20)13(16)9-10/h7-9,11H,2-6H2,1H3,(H,17,21)(H,19,20). The van der Waals surface area contributed by atoms with Crippen molar-refractivity contribution in [2.24, 2.45) is 0 Å². The molecule has 0 saturated heterocycles. The lowest BCUT2D eigenvalue weighted by Gasteiger charge is -2.27. The summed E-state index contributed by atoms with van der Waals surface area (Å²) in [5, 5.41) is 11.4. The van der Waals surface area contributed by atoms with Crippen LogP contribution in [0.3, 0.4) is 0 Å². The molecule has 1 saturated carbocycles. The molecule has 2 rings (SSSR count). The lowest BCUT2D eigenvalue weighted by molar-refractivity contribution is 0.0692. The average molecular weight is 294 g/mol. The van der Waals surface area contributed by atoms with Crippen molar-refractivity contribution in [3.63, 3.8) is 0 Å². The van der Waals surface area contributed by atoms with E-state index in [-0.39, 0.29) is 17.8 Å². The molecule has 0 atom stereocenters. The van der Waals surface area contributed by atoms with E-state index in [0.29, 0.717) is 6.54 Å². The second-order valence-electron chi connectivity index (χ2n) is 5.15. The zero-order valence-corrected chi connectivity index (χ0v) is 11.9. The number of halogens is 1. The van der Waals surface area contributed by atoms with Crippen LogP contribution in [-0.4, -0.2) is 34.6 Å². The number of hydrogen-bond acceptors (Lipinski definition) is 2. The molecule has 0 aliphatic heterocycles. The molecule has 1 aliphatic rings. The van der Waals surface area contributed by atoms with Crippen LogP contribution in [0.15, 0.2) is 18.2 Å². The van der Waals surface area contributed by atoms with Gasteiger partial charge in [-0.2, -0.15) is 0 Å². The molecule has 0 spiro atoms. The summed E-state index contributed by atoms with van der Waals surface area (Å²) in [7, 11) is 0. The van der Waals surface area contributed by atoms with Crippen LogP contribution in [0.2, 0.25) is 0 Å². The average Bonchev–Trinajstić information content (AvgIpc) is 2.93. The molecule has 0 radical (unpaired) electrons. The smallest absolute Gasteiger partial charge is 0.338 e. The topological polar surface area (TPSA) is 69.6 Å². The highest BCUT2D eigenvalue weighted by Crippen LogP contribution is 2.24. The van der Waals surface area contributed by atoms with Crippen molar-refractivity contribution in [1.82, 2.24) is 4.90 Å². The van der Waals surface area contributed by atoms with Crippen LogP contribution in [0.25, 0.3) is 0 Å². The van der Waals surface area contributed by atoms with Gasteiger partial charge in [0.15, 0.2) is 0 Å². The van der Waals surface area contributed by atoms with Crippen molar-refractivity contribution in [3.8, 4) is 0 Å². The van der Waals surface area contributed by atoms with Gasteiger partial charge in [0, 0.05) is 18.3 Å². The fourth-order valence-corrected chi connectivity index (χ4v) is 2.75. The van der Waals surface area contributed by atoms with Gasteiger partial charge in [0.25, 0.3) is 0 Å². The molecule has 0 unspecified atom stereocenters. The molecule has 5 nitrogen and oxygen atoms in total. The Labute approximate surface area is 122 Å². The number of urea groups is 1. The number of aromatic carboxylic acids is 1.